The summed E-state index contributed by atoms with van der Waals surface area (Å²) in [6, 6.07) is 12.3. The molecule has 35 heavy (non-hydrogen) atoms. The number of benzene rings is 2. The van der Waals surface area contributed by atoms with Crippen molar-refractivity contribution in [3.05, 3.63) is 86.1 Å². The van der Waals surface area contributed by atoms with Crippen LogP contribution in [0, 0.1) is 13.8 Å². The third kappa shape index (κ3) is 3.82. The molecule has 0 aliphatic carbocycles. The molecule has 5 rings (SSSR count). The summed E-state index contributed by atoms with van der Waals surface area (Å²) in [5.41, 5.74) is 1.10. The Hall–Kier alpha value is -3.50. The van der Waals surface area contributed by atoms with Crippen LogP contribution in [-0.4, -0.2) is 39.7 Å². The van der Waals surface area contributed by atoms with E-state index in [0.717, 1.165) is 5.56 Å². The first-order valence-electron chi connectivity index (χ1n) is 11.1. The third-order valence-electron chi connectivity index (χ3n) is 6.45. The lowest BCUT2D eigenvalue weighted by atomic mass is 9.87. The molecule has 0 spiro atoms. The molecule has 0 amide bonds. The fourth-order valence-electron chi connectivity index (χ4n) is 4.57. The number of ether oxygens (including phenoxy) is 2. The molecular formula is C26H24O9. The van der Waals surface area contributed by atoms with Crippen molar-refractivity contribution in [1.82, 2.24) is 0 Å². The van der Waals surface area contributed by atoms with E-state index in [1.165, 1.54) is 31.2 Å². The molecule has 182 valence electrons. The molecule has 0 saturated carbocycles. The second-order valence-corrected chi connectivity index (χ2v) is 8.88. The van der Waals surface area contributed by atoms with Crippen LogP contribution < -0.4 is 16.0 Å². The zero-order valence-electron chi connectivity index (χ0n) is 19.2. The van der Waals surface area contributed by atoms with Gasteiger partial charge in [-0.05, 0) is 50.1 Å². The van der Waals surface area contributed by atoms with E-state index in [9.17, 15) is 24.9 Å². The molecule has 3 N–H and O–H groups in total. The summed E-state index contributed by atoms with van der Waals surface area (Å²) in [4.78, 5) is 23.8. The molecule has 0 unspecified atom stereocenters. The smallest absolute Gasteiger partial charge is 0.336 e. The Morgan fingerprint density at radius 1 is 0.800 bits per heavy atom. The first-order valence-corrected chi connectivity index (χ1v) is 11.1. The Morgan fingerprint density at radius 2 is 1.37 bits per heavy atom. The maximum Gasteiger partial charge on any atom is 0.336 e. The Balaban J connectivity index is 1.70. The molecule has 4 aromatic rings. The standard InChI is InChI=1S/C26H24O9/c1-12-8-21(27)32-19-10-15(4-6-17(12)19)26(25(31)24(30)23(29)14(3)34-26)35-16-5-7-18-13(2)9-22(28)33-20(18)11-16/h4-11,14,23-25,29-31H,1-3H3/t14-,23+,24+,25-,26+/m1/s1. The van der Waals surface area contributed by atoms with E-state index in [2.05, 4.69) is 0 Å². The SMILES string of the molecule is Cc1cc(=O)oc2cc(O[C@]3(c4ccc5c(C)cc(=O)oc5c4)O[C@H](C)[C@H](O)[C@H](O)[C@H]3O)ccc12. The van der Waals surface area contributed by atoms with Crippen LogP contribution in [0.4, 0.5) is 0 Å². The van der Waals surface area contributed by atoms with Crippen molar-refractivity contribution in [2.24, 2.45) is 0 Å². The molecule has 2 aromatic carbocycles. The van der Waals surface area contributed by atoms with Gasteiger partial charge in [0.15, 0.2) is 6.10 Å². The zero-order chi connectivity index (χ0) is 25.1. The van der Waals surface area contributed by atoms with Crippen molar-refractivity contribution in [1.29, 1.82) is 0 Å². The minimum Gasteiger partial charge on any atom is -0.455 e. The molecule has 3 heterocycles. The van der Waals surface area contributed by atoms with Crippen molar-refractivity contribution < 1.29 is 33.6 Å². The van der Waals surface area contributed by atoms with E-state index in [1.807, 2.05) is 0 Å². The zero-order valence-corrected chi connectivity index (χ0v) is 19.2. The number of aliphatic hydroxyl groups excluding tert-OH is 3. The van der Waals surface area contributed by atoms with Crippen molar-refractivity contribution in [3.8, 4) is 5.75 Å². The number of fused-ring (bicyclic) bond motifs is 2. The average Bonchev–Trinajstić information content (AvgIpc) is 2.80. The quantitative estimate of drug-likeness (QED) is 0.377. The second kappa shape index (κ2) is 8.31. The number of hydrogen-bond donors (Lipinski definition) is 3. The van der Waals surface area contributed by atoms with Gasteiger partial charge < -0.3 is 33.6 Å². The maximum atomic E-state index is 12.0. The Morgan fingerprint density at radius 3 is 2.00 bits per heavy atom. The molecule has 1 saturated heterocycles. The number of rotatable bonds is 3. The van der Waals surface area contributed by atoms with Gasteiger partial charge in [0, 0.05) is 34.5 Å². The highest BCUT2D eigenvalue weighted by Crippen LogP contribution is 2.42. The van der Waals surface area contributed by atoms with Crippen molar-refractivity contribution in [2.75, 3.05) is 0 Å². The highest BCUT2D eigenvalue weighted by molar-refractivity contribution is 5.82. The van der Waals surface area contributed by atoms with Gasteiger partial charge in [0.05, 0.1) is 6.10 Å². The molecule has 1 fully saturated rings. The summed E-state index contributed by atoms with van der Waals surface area (Å²) >= 11 is 0. The molecule has 9 heteroatoms. The summed E-state index contributed by atoms with van der Waals surface area (Å²) in [7, 11) is 0. The van der Waals surface area contributed by atoms with E-state index in [0.29, 0.717) is 16.3 Å². The first kappa shape index (κ1) is 23.3. The van der Waals surface area contributed by atoms with Gasteiger partial charge in [0.1, 0.15) is 29.1 Å². The molecule has 1 aliphatic heterocycles. The van der Waals surface area contributed by atoms with Gasteiger partial charge in [0.2, 0.25) is 0 Å². The maximum absolute atomic E-state index is 12.0. The summed E-state index contributed by atoms with van der Waals surface area (Å²) in [5, 5.41) is 33.5. The van der Waals surface area contributed by atoms with E-state index < -0.39 is 41.5 Å². The minimum atomic E-state index is -1.99. The van der Waals surface area contributed by atoms with Crippen LogP contribution >= 0.6 is 0 Å². The summed E-state index contributed by atoms with van der Waals surface area (Å²) < 4.78 is 22.9. The highest BCUT2D eigenvalue weighted by atomic mass is 16.7. The third-order valence-corrected chi connectivity index (χ3v) is 6.45. The molecule has 5 atom stereocenters. The van der Waals surface area contributed by atoms with Crippen LogP contribution in [0.5, 0.6) is 5.75 Å². The van der Waals surface area contributed by atoms with Gasteiger partial charge in [-0.25, -0.2) is 9.59 Å². The molecule has 2 aromatic heterocycles. The predicted octanol–water partition coefficient (Wildman–Crippen LogP) is 2.25. The van der Waals surface area contributed by atoms with Crippen molar-refractivity contribution in [3.63, 3.8) is 0 Å². The Kier molecular flexibility index (Phi) is 5.52. The number of aryl methyl sites for hydroxylation is 2. The lowest BCUT2D eigenvalue weighted by Gasteiger charge is -2.47. The topological polar surface area (TPSA) is 140 Å². The van der Waals surface area contributed by atoms with E-state index in [4.69, 9.17) is 18.3 Å². The Bertz CT molecular complexity index is 1550. The molecule has 0 bridgehead atoms. The number of hydrogen-bond acceptors (Lipinski definition) is 9. The summed E-state index contributed by atoms with van der Waals surface area (Å²) in [6.45, 7) is 5.08. The lowest BCUT2D eigenvalue weighted by molar-refractivity contribution is -0.339. The van der Waals surface area contributed by atoms with Crippen LogP contribution in [0.15, 0.2) is 67.0 Å². The summed E-state index contributed by atoms with van der Waals surface area (Å²) in [6.07, 6.45) is -5.66. The minimum absolute atomic E-state index is 0.173. The largest absolute Gasteiger partial charge is 0.455 e. The Labute approximate surface area is 198 Å². The van der Waals surface area contributed by atoms with Crippen LogP contribution in [0.2, 0.25) is 0 Å². The first-order chi connectivity index (χ1) is 16.6. The fraction of sp³-hybridized carbons (Fsp3) is 0.308. The van der Waals surface area contributed by atoms with Crippen LogP contribution in [0.1, 0.15) is 23.6 Å². The average molecular weight is 480 g/mol. The van der Waals surface area contributed by atoms with E-state index in [1.54, 1.807) is 38.1 Å². The molecule has 0 radical (unpaired) electrons. The van der Waals surface area contributed by atoms with Crippen molar-refractivity contribution in [2.45, 2.75) is 51.0 Å². The number of aliphatic hydroxyl groups is 3. The van der Waals surface area contributed by atoms with Crippen LogP contribution in [0.25, 0.3) is 21.9 Å². The van der Waals surface area contributed by atoms with Gasteiger partial charge in [-0.1, -0.05) is 12.1 Å². The molecule has 9 nitrogen and oxygen atoms in total. The van der Waals surface area contributed by atoms with Crippen LogP contribution in [0.3, 0.4) is 0 Å². The summed E-state index contributed by atoms with van der Waals surface area (Å²) in [5.74, 6) is -1.82. The van der Waals surface area contributed by atoms with Gasteiger partial charge in [-0.2, -0.15) is 0 Å². The van der Waals surface area contributed by atoms with Gasteiger partial charge in [-0.3, -0.25) is 0 Å². The fourth-order valence-corrected chi connectivity index (χ4v) is 4.57. The second-order valence-electron chi connectivity index (χ2n) is 8.88. The van der Waals surface area contributed by atoms with E-state index in [-0.39, 0.29) is 22.5 Å². The monoisotopic (exact) mass is 480 g/mol. The highest BCUT2D eigenvalue weighted by Gasteiger charge is 2.56. The van der Waals surface area contributed by atoms with Gasteiger partial charge >= 0.3 is 11.3 Å². The van der Waals surface area contributed by atoms with Gasteiger partial charge in [-0.15, -0.1) is 0 Å². The van der Waals surface area contributed by atoms with Crippen LogP contribution in [-0.2, 0) is 10.5 Å². The van der Waals surface area contributed by atoms with Gasteiger partial charge in [0.25, 0.3) is 5.79 Å². The lowest BCUT2D eigenvalue weighted by Crippen LogP contribution is -2.64. The van der Waals surface area contributed by atoms with E-state index >= 15 is 0 Å². The molecular weight excluding hydrogens is 456 g/mol. The van der Waals surface area contributed by atoms with Crippen molar-refractivity contribution >= 4 is 21.9 Å². The molecule has 1 aliphatic rings. The predicted molar refractivity (Wildman–Crippen MR) is 125 cm³/mol. The normalized spacial score (nSPS) is 26.8.